The Balaban J connectivity index is 1.84. The number of nitrogens with zero attached hydrogens (tertiary/aromatic N) is 2. The smallest absolute Gasteiger partial charge is 0.137 e. The van der Waals surface area contributed by atoms with Crippen molar-refractivity contribution in [3.8, 4) is 0 Å². The summed E-state index contributed by atoms with van der Waals surface area (Å²) in [5.74, 6) is -0.428. The van der Waals surface area contributed by atoms with E-state index < -0.39 is 6.23 Å². The van der Waals surface area contributed by atoms with Crippen LogP contribution in [0.15, 0.2) is 42.5 Å². The third-order valence-corrected chi connectivity index (χ3v) is 5.68. The van der Waals surface area contributed by atoms with Crippen LogP contribution in [0.25, 0.3) is 10.9 Å². The molecule has 3 nitrogen and oxygen atoms in total. The van der Waals surface area contributed by atoms with Gasteiger partial charge >= 0.3 is 0 Å². The number of aromatic nitrogens is 1. The summed E-state index contributed by atoms with van der Waals surface area (Å²) in [4.78, 5) is 2.28. The van der Waals surface area contributed by atoms with Gasteiger partial charge in [-0.15, -0.1) is 0 Å². The molecule has 0 amide bonds. The second-order valence-electron chi connectivity index (χ2n) is 7.20. The lowest BCUT2D eigenvalue weighted by Gasteiger charge is -2.28. The summed E-state index contributed by atoms with van der Waals surface area (Å²) in [6.07, 6.45) is 0.155. The van der Waals surface area contributed by atoms with Crippen molar-refractivity contribution in [1.82, 2.24) is 9.47 Å². The summed E-state index contributed by atoms with van der Waals surface area (Å²) < 4.78 is 15.3. The van der Waals surface area contributed by atoms with E-state index in [0.29, 0.717) is 5.02 Å². The van der Waals surface area contributed by atoms with Crippen LogP contribution in [0.4, 0.5) is 4.39 Å². The van der Waals surface area contributed by atoms with Gasteiger partial charge in [0.2, 0.25) is 0 Å². The summed E-state index contributed by atoms with van der Waals surface area (Å²) in [7, 11) is 2.11. The first-order chi connectivity index (χ1) is 12.5. The number of hydrogen-bond donors (Lipinski definition) is 1. The number of aliphatic hydroxyl groups is 1. The van der Waals surface area contributed by atoms with Crippen LogP contribution >= 0.6 is 11.6 Å². The molecule has 0 saturated heterocycles. The fraction of sp³-hybridized carbons (Fsp3) is 0.333. The molecule has 3 aromatic rings. The average Bonchev–Trinajstić information content (AvgIpc) is 2.94. The van der Waals surface area contributed by atoms with Gasteiger partial charge in [-0.2, -0.15) is 0 Å². The lowest BCUT2D eigenvalue weighted by atomic mass is 9.98. The molecule has 0 saturated carbocycles. The first-order valence-corrected chi connectivity index (χ1v) is 9.27. The van der Waals surface area contributed by atoms with Crippen LogP contribution in [-0.4, -0.2) is 28.2 Å². The molecule has 2 unspecified atom stereocenters. The Labute approximate surface area is 157 Å². The molecular formula is C21H22ClFN2O. The molecule has 1 aromatic heterocycles. The zero-order valence-electron chi connectivity index (χ0n) is 14.9. The Kier molecular flexibility index (Phi) is 4.51. The summed E-state index contributed by atoms with van der Waals surface area (Å²) in [6, 6.07) is 12.2. The van der Waals surface area contributed by atoms with Gasteiger partial charge < -0.3 is 14.6 Å². The molecular weight excluding hydrogens is 351 g/mol. The standard InChI is InChI=1S/C21H22ClFN2O/c1-13(14-3-6-16(23)7-4-14)21(26)25-19-8-5-15(22)11-17(19)18-12-24(2)10-9-20(18)25/h3-8,11,13,21,26H,9-10,12H2,1-2H3. The van der Waals surface area contributed by atoms with Gasteiger partial charge in [-0.05, 0) is 48.5 Å². The molecule has 136 valence electrons. The van der Waals surface area contributed by atoms with Gasteiger partial charge in [0.15, 0.2) is 0 Å². The van der Waals surface area contributed by atoms with E-state index in [0.717, 1.165) is 36.0 Å². The molecule has 2 heterocycles. The van der Waals surface area contributed by atoms with E-state index in [1.54, 1.807) is 12.1 Å². The van der Waals surface area contributed by atoms with Crippen LogP contribution in [0.5, 0.6) is 0 Å². The summed E-state index contributed by atoms with van der Waals surface area (Å²) >= 11 is 6.24. The predicted molar refractivity (Wildman–Crippen MR) is 103 cm³/mol. The number of benzene rings is 2. The highest BCUT2D eigenvalue weighted by molar-refractivity contribution is 6.31. The highest BCUT2D eigenvalue weighted by Crippen LogP contribution is 2.38. The lowest BCUT2D eigenvalue weighted by Crippen LogP contribution is -2.28. The fourth-order valence-electron chi connectivity index (χ4n) is 3.96. The molecule has 1 N–H and O–H groups in total. The van der Waals surface area contributed by atoms with Crippen molar-refractivity contribution >= 4 is 22.5 Å². The molecule has 5 heteroatoms. The van der Waals surface area contributed by atoms with Gasteiger partial charge in [0.05, 0.1) is 5.52 Å². The number of fused-ring (bicyclic) bond motifs is 3. The zero-order valence-corrected chi connectivity index (χ0v) is 15.7. The van der Waals surface area contributed by atoms with Crippen LogP contribution in [0, 0.1) is 5.82 Å². The van der Waals surface area contributed by atoms with Crippen molar-refractivity contribution in [2.45, 2.75) is 32.0 Å². The maximum Gasteiger partial charge on any atom is 0.137 e. The molecule has 2 atom stereocenters. The molecule has 1 aliphatic rings. The SMILES string of the molecule is CC(c1ccc(F)cc1)C(O)n1c2c(c3cc(Cl)ccc31)CN(C)CC2. The van der Waals surface area contributed by atoms with Gasteiger partial charge in [0, 0.05) is 41.5 Å². The number of hydrogen-bond acceptors (Lipinski definition) is 2. The van der Waals surface area contributed by atoms with Crippen molar-refractivity contribution in [2.75, 3.05) is 13.6 Å². The van der Waals surface area contributed by atoms with Gasteiger partial charge in [0.1, 0.15) is 12.0 Å². The Bertz CT molecular complexity index is 951. The third-order valence-electron chi connectivity index (χ3n) is 5.45. The first-order valence-electron chi connectivity index (χ1n) is 8.89. The van der Waals surface area contributed by atoms with E-state index in [1.165, 1.54) is 23.4 Å². The third kappa shape index (κ3) is 2.92. The highest BCUT2D eigenvalue weighted by atomic mass is 35.5. The van der Waals surface area contributed by atoms with Crippen molar-refractivity contribution < 1.29 is 9.50 Å². The summed E-state index contributed by atoms with van der Waals surface area (Å²) in [5, 5.41) is 13.0. The van der Waals surface area contributed by atoms with Gasteiger partial charge in [-0.3, -0.25) is 0 Å². The normalized spacial score (nSPS) is 17.3. The van der Waals surface area contributed by atoms with Crippen LogP contribution in [0.2, 0.25) is 5.02 Å². The van der Waals surface area contributed by atoms with E-state index in [4.69, 9.17) is 11.6 Å². The van der Waals surface area contributed by atoms with Gasteiger partial charge in [0.25, 0.3) is 0 Å². The zero-order chi connectivity index (χ0) is 18.4. The number of likely N-dealkylation sites (N-methyl/N-ethyl adjacent to an activating group) is 1. The molecule has 0 fully saturated rings. The van der Waals surface area contributed by atoms with Crippen molar-refractivity contribution in [1.29, 1.82) is 0 Å². The van der Waals surface area contributed by atoms with E-state index in [1.807, 2.05) is 29.7 Å². The van der Waals surface area contributed by atoms with E-state index in [2.05, 4.69) is 11.9 Å². The maximum atomic E-state index is 13.2. The minimum absolute atomic E-state index is 0.161. The maximum absolute atomic E-state index is 13.2. The Morgan fingerprint density at radius 2 is 1.88 bits per heavy atom. The topological polar surface area (TPSA) is 28.4 Å². The Hall–Kier alpha value is -1.88. The minimum atomic E-state index is -0.726. The highest BCUT2D eigenvalue weighted by Gasteiger charge is 2.28. The molecule has 2 aromatic carbocycles. The number of halogens is 2. The van der Waals surface area contributed by atoms with Crippen LogP contribution < -0.4 is 0 Å². The van der Waals surface area contributed by atoms with Gasteiger partial charge in [-0.25, -0.2) is 4.39 Å². The Morgan fingerprint density at radius 1 is 1.15 bits per heavy atom. The second kappa shape index (κ2) is 6.69. The van der Waals surface area contributed by atoms with Crippen LogP contribution in [0.3, 0.4) is 0 Å². The largest absolute Gasteiger partial charge is 0.373 e. The van der Waals surface area contributed by atoms with Crippen molar-refractivity contribution in [3.63, 3.8) is 0 Å². The Morgan fingerprint density at radius 3 is 2.62 bits per heavy atom. The molecule has 0 bridgehead atoms. The molecule has 26 heavy (non-hydrogen) atoms. The first kappa shape index (κ1) is 17.5. The van der Waals surface area contributed by atoms with E-state index >= 15 is 0 Å². The fourth-order valence-corrected chi connectivity index (χ4v) is 4.14. The molecule has 1 aliphatic heterocycles. The summed E-state index contributed by atoms with van der Waals surface area (Å²) in [6.45, 7) is 3.77. The van der Waals surface area contributed by atoms with Crippen LogP contribution in [0.1, 0.15) is 35.9 Å². The molecule has 0 radical (unpaired) electrons. The quantitative estimate of drug-likeness (QED) is 0.720. The predicted octanol–water partition coefficient (Wildman–Crippen LogP) is 4.72. The average molecular weight is 373 g/mol. The molecule has 0 spiro atoms. The monoisotopic (exact) mass is 372 g/mol. The molecule has 4 rings (SSSR count). The van der Waals surface area contributed by atoms with Gasteiger partial charge in [-0.1, -0.05) is 30.7 Å². The number of rotatable bonds is 3. The van der Waals surface area contributed by atoms with Crippen LogP contribution in [-0.2, 0) is 13.0 Å². The number of aliphatic hydroxyl groups excluding tert-OH is 1. The van der Waals surface area contributed by atoms with Crippen molar-refractivity contribution in [3.05, 3.63) is 70.1 Å². The van der Waals surface area contributed by atoms with E-state index in [-0.39, 0.29) is 11.7 Å². The minimum Gasteiger partial charge on any atom is -0.373 e. The van der Waals surface area contributed by atoms with Crippen molar-refractivity contribution in [2.24, 2.45) is 0 Å². The van der Waals surface area contributed by atoms with E-state index in [9.17, 15) is 9.50 Å². The lowest BCUT2D eigenvalue weighted by molar-refractivity contribution is 0.0800. The summed E-state index contributed by atoms with van der Waals surface area (Å²) in [5.41, 5.74) is 4.32. The second-order valence-corrected chi connectivity index (χ2v) is 7.63. The molecule has 0 aliphatic carbocycles.